The van der Waals surface area contributed by atoms with Gasteiger partial charge in [-0.2, -0.15) is 0 Å². The number of esters is 1. The van der Waals surface area contributed by atoms with Crippen molar-refractivity contribution in [3.05, 3.63) is 35.9 Å². The molecular weight excluding hydrogens is 524 g/mol. The second-order valence-electron chi connectivity index (χ2n) is 10.1. The van der Waals surface area contributed by atoms with Crippen molar-refractivity contribution < 1.29 is 38.0 Å². The highest BCUT2D eigenvalue weighted by Crippen LogP contribution is 2.12. The van der Waals surface area contributed by atoms with Gasteiger partial charge in [-0.3, -0.25) is 4.79 Å². The molecule has 0 aliphatic rings. The molecule has 0 spiro atoms. The molecule has 0 amide bonds. The van der Waals surface area contributed by atoms with E-state index >= 15 is 0 Å². The van der Waals surface area contributed by atoms with E-state index in [9.17, 15) is 9.59 Å². The van der Waals surface area contributed by atoms with Crippen LogP contribution in [-0.4, -0.2) is 84.4 Å². The summed E-state index contributed by atoms with van der Waals surface area (Å²) >= 11 is 0. The van der Waals surface area contributed by atoms with Crippen LogP contribution in [0.15, 0.2) is 30.3 Å². The minimum absolute atomic E-state index is 0.0188. The van der Waals surface area contributed by atoms with Crippen LogP contribution in [0, 0.1) is 0 Å². The molecule has 0 aliphatic carbocycles. The highest BCUT2D eigenvalue weighted by atomic mass is 16.6. The fraction of sp³-hybridized carbons (Fsp3) is 0.758. The van der Waals surface area contributed by atoms with Gasteiger partial charge in [0, 0.05) is 12.2 Å². The van der Waals surface area contributed by atoms with Crippen molar-refractivity contribution in [3.63, 3.8) is 0 Å². The Balaban J connectivity index is 1.69. The quantitative estimate of drug-likeness (QED) is 0.0421. The molecule has 236 valence electrons. The Kier molecular flexibility index (Phi) is 26.9. The van der Waals surface area contributed by atoms with Crippen LogP contribution in [0.2, 0.25) is 0 Å². The summed E-state index contributed by atoms with van der Waals surface area (Å²) in [6.07, 6.45) is 17.7. The smallest absolute Gasteiger partial charge is 0.379 e. The van der Waals surface area contributed by atoms with Crippen molar-refractivity contribution in [3.8, 4) is 0 Å². The molecule has 8 nitrogen and oxygen atoms in total. The Morgan fingerprint density at radius 3 is 1.27 bits per heavy atom. The number of unbranched alkanes of at least 4 members (excludes halogenated alkanes) is 12. The molecule has 0 aromatic heterocycles. The molecule has 0 fully saturated rings. The number of ether oxygens (including phenoxy) is 6. The number of hydrogen-bond donors (Lipinski definition) is 0. The van der Waals surface area contributed by atoms with E-state index in [0.29, 0.717) is 58.4 Å². The third kappa shape index (κ3) is 24.5. The predicted molar refractivity (Wildman–Crippen MR) is 162 cm³/mol. The largest absolute Gasteiger partial charge is 0.457 e. The first-order valence-corrected chi connectivity index (χ1v) is 15.9. The van der Waals surface area contributed by atoms with Crippen LogP contribution in [0.25, 0.3) is 0 Å². The lowest BCUT2D eigenvalue weighted by atomic mass is 10.0. The number of Topliss-reactive ketones (excluding diaryl/α,β-unsaturated/α-hetero) is 1. The van der Waals surface area contributed by atoms with Gasteiger partial charge >= 0.3 is 5.97 Å². The Morgan fingerprint density at radius 1 is 0.463 bits per heavy atom. The van der Waals surface area contributed by atoms with Crippen molar-refractivity contribution in [2.75, 3.05) is 72.7 Å². The number of carbonyl (C=O) groups excluding carboxylic acids is 2. The van der Waals surface area contributed by atoms with E-state index in [4.69, 9.17) is 28.4 Å². The minimum Gasteiger partial charge on any atom is -0.457 e. The van der Waals surface area contributed by atoms with Gasteiger partial charge in [-0.25, -0.2) is 4.79 Å². The summed E-state index contributed by atoms with van der Waals surface area (Å²) in [6.45, 7) is 7.31. The lowest BCUT2D eigenvalue weighted by Crippen LogP contribution is -2.20. The van der Waals surface area contributed by atoms with Crippen LogP contribution in [0.5, 0.6) is 0 Å². The van der Waals surface area contributed by atoms with Gasteiger partial charge in [0.15, 0.2) is 0 Å². The molecular formula is C33H56O8. The van der Waals surface area contributed by atoms with Crippen LogP contribution in [0.1, 0.15) is 101 Å². The zero-order valence-corrected chi connectivity index (χ0v) is 25.6. The van der Waals surface area contributed by atoms with E-state index in [1.54, 1.807) is 30.3 Å². The maximum atomic E-state index is 11.9. The molecule has 1 aromatic rings. The summed E-state index contributed by atoms with van der Waals surface area (Å²) in [6, 6.07) is 8.32. The zero-order chi connectivity index (χ0) is 29.5. The highest BCUT2D eigenvalue weighted by Gasteiger charge is 2.17. The fourth-order valence-corrected chi connectivity index (χ4v) is 4.17. The average Bonchev–Trinajstić information content (AvgIpc) is 3.00. The van der Waals surface area contributed by atoms with Crippen LogP contribution in [0.4, 0.5) is 0 Å². The van der Waals surface area contributed by atoms with Crippen LogP contribution in [-0.2, 0) is 33.2 Å². The number of ketones is 1. The summed E-state index contributed by atoms with van der Waals surface area (Å²) in [4.78, 5) is 23.6. The maximum Gasteiger partial charge on any atom is 0.379 e. The molecule has 0 saturated carbocycles. The second-order valence-corrected chi connectivity index (χ2v) is 10.1. The van der Waals surface area contributed by atoms with Crippen molar-refractivity contribution in [2.24, 2.45) is 0 Å². The second kappa shape index (κ2) is 29.6. The van der Waals surface area contributed by atoms with E-state index in [1.165, 1.54) is 77.0 Å². The monoisotopic (exact) mass is 580 g/mol. The lowest BCUT2D eigenvalue weighted by molar-refractivity contribution is -0.139. The third-order valence-corrected chi connectivity index (χ3v) is 6.56. The standard InChI is InChI=1S/C33H56O8/c1-2-3-4-5-6-7-8-9-10-11-12-13-17-20-36-21-22-37-23-24-38-25-26-39-27-28-40-29-30-41-33(35)32(34)31-18-15-14-16-19-31/h14-16,18-19H,2-13,17,20-30H2,1H3. The van der Waals surface area contributed by atoms with Gasteiger partial charge in [0.25, 0.3) is 5.78 Å². The molecule has 0 bridgehead atoms. The SMILES string of the molecule is CCCCCCCCCCCCCCCOCCOCCOCCOCCOCCOC(=O)C(=O)c1ccccc1. The van der Waals surface area contributed by atoms with Gasteiger partial charge in [0.2, 0.25) is 0 Å². The van der Waals surface area contributed by atoms with Crippen LogP contribution >= 0.6 is 0 Å². The zero-order valence-electron chi connectivity index (χ0n) is 25.6. The average molecular weight is 581 g/mol. The van der Waals surface area contributed by atoms with Gasteiger partial charge in [-0.05, 0) is 6.42 Å². The summed E-state index contributed by atoms with van der Waals surface area (Å²) in [5.41, 5.74) is 0.310. The van der Waals surface area contributed by atoms with Crippen molar-refractivity contribution in [2.45, 2.75) is 90.4 Å². The molecule has 0 saturated heterocycles. The van der Waals surface area contributed by atoms with Crippen molar-refractivity contribution in [1.29, 1.82) is 0 Å². The minimum atomic E-state index is -0.880. The van der Waals surface area contributed by atoms with Gasteiger partial charge in [-0.1, -0.05) is 114 Å². The summed E-state index contributed by atoms with van der Waals surface area (Å²) in [7, 11) is 0. The number of benzene rings is 1. The van der Waals surface area contributed by atoms with Crippen molar-refractivity contribution in [1.82, 2.24) is 0 Å². The van der Waals surface area contributed by atoms with Gasteiger partial charge in [-0.15, -0.1) is 0 Å². The molecule has 0 aliphatic heterocycles. The van der Waals surface area contributed by atoms with E-state index in [2.05, 4.69) is 6.92 Å². The molecule has 0 unspecified atom stereocenters. The lowest BCUT2D eigenvalue weighted by Gasteiger charge is -2.08. The predicted octanol–water partition coefficient (Wildman–Crippen LogP) is 6.59. The molecule has 0 radical (unpaired) electrons. The molecule has 8 heteroatoms. The Hall–Kier alpha value is -1.84. The van der Waals surface area contributed by atoms with E-state index in [-0.39, 0.29) is 13.2 Å². The third-order valence-electron chi connectivity index (χ3n) is 6.56. The van der Waals surface area contributed by atoms with Gasteiger partial charge in [0.05, 0.1) is 59.5 Å². The normalized spacial score (nSPS) is 11.1. The number of carbonyl (C=O) groups is 2. The summed E-state index contributed by atoms with van der Waals surface area (Å²) < 4.78 is 32.3. The molecule has 41 heavy (non-hydrogen) atoms. The first kappa shape index (κ1) is 37.2. The molecule has 0 atom stereocenters. The summed E-state index contributed by atoms with van der Waals surface area (Å²) in [5, 5.41) is 0. The van der Waals surface area contributed by atoms with Crippen molar-refractivity contribution >= 4 is 11.8 Å². The number of hydrogen-bond acceptors (Lipinski definition) is 8. The molecule has 1 rings (SSSR count). The molecule has 0 heterocycles. The molecule has 1 aromatic carbocycles. The first-order valence-electron chi connectivity index (χ1n) is 15.9. The summed E-state index contributed by atoms with van der Waals surface area (Å²) in [5.74, 6) is -1.54. The van der Waals surface area contributed by atoms with Crippen LogP contribution in [0.3, 0.4) is 0 Å². The fourth-order valence-electron chi connectivity index (χ4n) is 4.17. The van der Waals surface area contributed by atoms with E-state index in [0.717, 1.165) is 13.0 Å². The molecule has 0 N–H and O–H groups in total. The Morgan fingerprint density at radius 2 is 0.829 bits per heavy atom. The van der Waals surface area contributed by atoms with E-state index < -0.39 is 11.8 Å². The number of rotatable bonds is 31. The van der Waals surface area contributed by atoms with Gasteiger partial charge in [0.1, 0.15) is 6.61 Å². The van der Waals surface area contributed by atoms with E-state index in [1.807, 2.05) is 0 Å². The highest BCUT2D eigenvalue weighted by molar-refractivity contribution is 6.40. The maximum absolute atomic E-state index is 11.9. The topological polar surface area (TPSA) is 89.5 Å². The van der Waals surface area contributed by atoms with Crippen LogP contribution < -0.4 is 0 Å². The van der Waals surface area contributed by atoms with Gasteiger partial charge < -0.3 is 28.4 Å². The Bertz CT molecular complexity index is 712. The Labute approximate surface area is 248 Å². The first-order chi connectivity index (χ1) is 20.3.